The summed E-state index contributed by atoms with van der Waals surface area (Å²) in [5.74, 6) is 0. The van der Waals surface area contributed by atoms with Gasteiger partial charge in [-0.25, -0.2) is 4.98 Å². The summed E-state index contributed by atoms with van der Waals surface area (Å²) < 4.78 is 20.1. The third-order valence-electron chi connectivity index (χ3n) is 0.795. The van der Waals surface area contributed by atoms with Crippen molar-refractivity contribution in [1.82, 2.24) is 4.98 Å². The first-order valence-electron chi connectivity index (χ1n) is 2.30. The zero-order valence-electron chi connectivity index (χ0n) is 4.92. The predicted molar refractivity (Wildman–Crippen MR) is 36.0 cm³/mol. The van der Waals surface area contributed by atoms with Crippen LogP contribution in [0.3, 0.4) is 0 Å². The Labute approximate surface area is 67.3 Å². The molecular formula is C3HN2O4S2-. The average molecular weight is 193 g/mol. The van der Waals surface area contributed by atoms with E-state index in [1.807, 2.05) is 0 Å². The van der Waals surface area contributed by atoms with Gasteiger partial charge in [-0.1, -0.05) is 0 Å². The minimum Gasteiger partial charge on any atom is -0.767 e. The van der Waals surface area contributed by atoms with E-state index in [4.69, 9.17) is 0 Å². The molecule has 1 aromatic rings. The highest BCUT2D eigenvalue weighted by molar-refractivity contribution is 7.81. The van der Waals surface area contributed by atoms with Crippen LogP contribution < -0.4 is 0 Å². The number of aromatic nitrogens is 1. The zero-order chi connectivity index (χ0) is 8.43. The molecule has 0 saturated carbocycles. The number of thiazole rings is 1. The van der Waals surface area contributed by atoms with Gasteiger partial charge in [-0.2, -0.15) is 0 Å². The summed E-state index contributed by atoms with van der Waals surface area (Å²) >= 11 is -1.95. The highest BCUT2D eigenvalue weighted by Crippen LogP contribution is 2.22. The number of nitro groups is 1. The van der Waals surface area contributed by atoms with Gasteiger partial charge in [0.2, 0.25) is 0 Å². The van der Waals surface area contributed by atoms with E-state index in [0.29, 0.717) is 11.3 Å². The van der Waals surface area contributed by atoms with Crippen molar-refractivity contribution in [3.8, 4) is 0 Å². The molecule has 60 valence electrons. The van der Waals surface area contributed by atoms with Crippen molar-refractivity contribution in [3.05, 3.63) is 16.3 Å². The largest absolute Gasteiger partial charge is 0.767 e. The van der Waals surface area contributed by atoms with E-state index in [1.165, 1.54) is 0 Å². The maximum Gasteiger partial charge on any atom is 0.344 e. The molecule has 1 aromatic heterocycles. The molecule has 1 heterocycles. The summed E-state index contributed by atoms with van der Waals surface area (Å²) in [6, 6.07) is 0. The zero-order valence-corrected chi connectivity index (χ0v) is 6.55. The topological polar surface area (TPSA) is 96.2 Å². The van der Waals surface area contributed by atoms with E-state index >= 15 is 0 Å². The van der Waals surface area contributed by atoms with Crippen LogP contribution in [0.2, 0.25) is 0 Å². The van der Waals surface area contributed by atoms with Gasteiger partial charge in [0.15, 0.2) is 4.34 Å². The molecule has 0 amide bonds. The molecule has 0 saturated heterocycles. The molecule has 0 spiro atoms. The molecule has 11 heavy (non-hydrogen) atoms. The van der Waals surface area contributed by atoms with Gasteiger partial charge in [0.05, 0.1) is 4.92 Å². The van der Waals surface area contributed by atoms with Crippen molar-refractivity contribution >= 4 is 27.4 Å². The Morgan fingerprint density at radius 2 is 2.36 bits per heavy atom. The minimum atomic E-state index is -2.47. The van der Waals surface area contributed by atoms with Crippen molar-refractivity contribution in [1.29, 1.82) is 0 Å². The summed E-state index contributed by atoms with van der Waals surface area (Å²) in [4.78, 5) is 12.6. The van der Waals surface area contributed by atoms with E-state index < -0.39 is 16.0 Å². The van der Waals surface area contributed by atoms with Gasteiger partial charge in [-0.05, 0) is 11.3 Å². The molecule has 6 nitrogen and oxygen atoms in total. The fourth-order valence-corrected chi connectivity index (χ4v) is 1.54. The number of rotatable bonds is 2. The van der Waals surface area contributed by atoms with Crippen LogP contribution in [0.25, 0.3) is 0 Å². The molecule has 0 aliphatic carbocycles. The lowest BCUT2D eigenvalue weighted by Gasteiger charge is -1.94. The van der Waals surface area contributed by atoms with Gasteiger partial charge in [-0.15, -0.1) is 0 Å². The normalized spacial score (nSPS) is 12.8. The molecule has 1 unspecified atom stereocenters. The van der Waals surface area contributed by atoms with Crippen LogP contribution in [0.4, 0.5) is 5.00 Å². The maximum atomic E-state index is 10.2. The van der Waals surface area contributed by atoms with Crippen LogP contribution in [0.15, 0.2) is 10.5 Å². The van der Waals surface area contributed by atoms with E-state index in [1.54, 1.807) is 0 Å². The molecule has 0 aromatic carbocycles. The molecule has 0 fully saturated rings. The second kappa shape index (κ2) is 3.03. The third-order valence-corrected chi connectivity index (χ3v) is 2.59. The monoisotopic (exact) mass is 193 g/mol. The Balaban J connectivity index is 2.99. The first-order valence-corrected chi connectivity index (χ1v) is 4.20. The maximum absolute atomic E-state index is 10.2. The fraction of sp³-hybridized carbons (Fsp3) is 0. The van der Waals surface area contributed by atoms with Crippen molar-refractivity contribution in [3.63, 3.8) is 0 Å². The minimum absolute atomic E-state index is 0.267. The number of nitrogens with zero attached hydrogens (tertiary/aromatic N) is 2. The predicted octanol–water partition coefficient (Wildman–Crippen LogP) is 0.289. The highest BCUT2D eigenvalue weighted by atomic mass is 32.2. The van der Waals surface area contributed by atoms with Crippen LogP contribution in [-0.2, 0) is 11.1 Å². The lowest BCUT2D eigenvalue weighted by atomic mass is 10.9. The Bertz CT molecular complexity index is 280. The Hall–Kier alpha value is -0.860. The first-order chi connectivity index (χ1) is 5.11. The summed E-state index contributed by atoms with van der Waals surface area (Å²) in [5.41, 5.74) is 0. The smallest absolute Gasteiger partial charge is 0.344 e. The Morgan fingerprint density at radius 1 is 1.73 bits per heavy atom. The van der Waals surface area contributed by atoms with E-state index in [2.05, 4.69) is 4.98 Å². The van der Waals surface area contributed by atoms with Gasteiger partial charge < -0.3 is 4.55 Å². The van der Waals surface area contributed by atoms with E-state index in [9.17, 15) is 18.9 Å². The third kappa shape index (κ3) is 1.79. The molecule has 0 aliphatic rings. The molecule has 0 aliphatic heterocycles. The Morgan fingerprint density at radius 3 is 2.64 bits per heavy atom. The molecule has 1 rings (SSSR count). The average Bonchev–Trinajstić information content (AvgIpc) is 2.33. The molecular weight excluding hydrogens is 192 g/mol. The van der Waals surface area contributed by atoms with Gasteiger partial charge in [-0.3, -0.25) is 14.3 Å². The lowest BCUT2D eigenvalue weighted by molar-refractivity contribution is -0.380. The first kappa shape index (κ1) is 8.24. The van der Waals surface area contributed by atoms with E-state index in [0.717, 1.165) is 6.20 Å². The van der Waals surface area contributed by atoms with Crippen molar-refractivity contribution < 1.29 is 13.7 Å². The van der Waals surface area contributed by atoms with Crippen LogP contribution in [0.1, 0.15) is 0 Å². The molecule has 0 radical (unpaired) electrons. The molecule has 0 N–H and O–H groups in total. The summed E-state index contributed by atoms with van der Waals surface area (Å²) in [5, 5.41) is 9.74. The molecule has 1 atom stereocenters. The summed E-state index contributed by atoms with van der Waals surface area (Å²) in [6.07, 6.45) is 0.913. The van der Waals surface area contributed by atoms with Crippen LogP contribution in [0.5, 0.6) is 0 Å². The molecule has 0 bridgehead atoms. The van der Waals surface area contributed by atoms with E-state index in [-0.39, 0.29) is 9.34 Å². The van der Waals surface area contributed by atoms with Gasteiger partial charge in [0.1, 0.15) is 6.20 Å². The fourth-order valence-electron chi connectivity index (χ4n) is 0.412. The van der Waals surface area contributed by atoms with Crippen molar-refractivity contribution in [2.75, 3.05) is 0 Å². The number of hydrogen-bond donors (Lipinski definition) is 0. The van der Waals surface area contributed by atoms with Crippen LogP contribution in [0, 0.1) is 10.1 Å². The summed E-state index contributed by atoms with van der Waals surface area (Å²) in [7, 11) is 0. The highest BCUT2D eigenvalue weighted by Gasteiger charge is 2.10. The number of hydrogen-bond acceptors (Lipinski definition) is 6. The van der Waals surface area contributed by atoms with Crippen LogP contribution in [-0.4, -0.2) is 18.7 Å². The van der Waals surface area contributed by atoms with Gasteiger partial charge in [0.25, 0.3) is 0 Å². The Kier molecular flexibility index (Phi) is 2.27. The quantitative estimate of drug-likeness (QED) is 0.382. The molecule has 8 heteroatoms. The van der Waals surface area contributed by atoms with Crippen LogP contribution >= 0.6 is 11.3 Å². The van der Waals surface area contributed by atoms with Crippen molar-refractivity contribution in [2.24, 2.45) is 0 Å². The SMILES string of the molecule is O=[N+]([O-])c1cnc(S(=O)[O-])s1. The second-order valence-corrected chi connectivity index (χ2v) is 3.58. The standard InChI is InChI=1S/C3H2N2O4S2/c6-5(7)2-1-4-3(10-2)11(8)9/h1H,(H,8,9)/p-1. The van der Waals surface area contributed by atoms with Gasteiger partial charge in [0, 0.05) is 11.1 Å². The lowest BCUT2D eigenvalue weighted by Crippen LogP contribution is -1.84. The van der Waals surface area contributed by atoms with Crippen molar-refractivity contribution in [2.45, 2.75) is 4.34 Å². The summed E-state index contributed by atoms with van der Waals surface area (Å²) in [6.45, 7) is 0. The second-order valence-electron chi connectivity index (χ2n) is 1.46. The van der Waals surface area contributed by atoms with Gasteiger partial charge >= 0.3 is 5.00 Å².